The van der Waals surface area contributed by atoms with Gasteiger partial charge in [-0.2, -0.15) is 0 Å². The highest BCUT2D eigenvalue weighted by molar-refractivity contribution is 6.15. The second-order valence-corrected chi connectivity index (χ2v) is 12.1. The number of aliphatic hydroxyl groups is 1. The van der Waals surface area contributed by atoms with Crippen molar-refractivity contribution in [3.8, 4) is 11.3 Å². The fourth-order valence-corrected chi connectivity index (χ4v) is 7.98. The predicted molar refractivity (Wildman–Crippen MR) is 156 cm³/mol. The third-order valence-electron chi connectivity index (χ3n) is 10.3. The van der Waals surface area contributed by atoms with E-state index in [-0.39, 0.29) is 0 Å². The van der Waals surface area contributed by atoms with E-state index in [9.17, 15) is 5.11 Å². The second-order valence-electron chi connectivity index (χ2n) is 12.1. The van der Waals surface area contributed by atoms with E-state index in [0.717, 1.165) is 38.8 Å². The predicted octanol–water partition coefficient (Wildman–Crippen LogP) is 6.45. The monoisotopic (exact) mass is 514 g/mol. The van der Waals surface area contributed by atoms with Crippen LogP contribution in [0.4, 0.5) is 0 Å². The molecule has 3 atom stereocenters. The van der Waals surface area contributed by atoms with Crippen LogP contribution < -0.4 is 4.57 Å². The van der Waals surface area contributed by atoms with Crippen LogP contribution in [0.5, 0.6) is 0 Å². The number of nitrogens with zero attached hydrogens (tertiary/aromatic N) is 3. The van der Waals surface area contributed by atoms with Crippen molar-refractivity contribution in [1.82, 2.24) is 9.55 Å². The zero-order valence-corrected chi connectivity index (χ0v) is 23.2. The summed E-state index contributed by atoms with van der Waals surface area (Å²) in [6.45, 7) is 8.74. The Hall–Kier alpha value is -3.80. The summed E-state index contributed by atoms with van der Waals surface area (Å²) in [6, 6.07) is 24.1. The van der Waals surface area contributed by atoms with E-state index in [4.69, 9.17) is 9.72 Å². The Labute approximate surface area is 227 Å². The third-order valence-corrected chi connectivity index (χ3v) is 10.3. The molecule has 0 spiro atoms. The Morgan fingerprint density at radius 1 is 0.923 bits per heavy atom. The molecule has 8 rings (SSSR count). The number of hydrogen-bond acceptors (Lipinski definition) is 3. The largest absolute Gasteiger partial charge is 0.361 e. The summed E-state index contributed by atoms with van der Waals surface area (Å²) in [6.07, 6.45) is 1.93. The molecule has 2 aliphatic rings. The van der Waals surface area contributed by atoms with Crippen LogP contribution in [0, 0.1) is 0 Å². The quantitative estimate of drug-likeness (QED) is 0.214. The first-order valence-electron chi connectivity index (χ1n) is 13.7. The zero-order chi connectivity index (χ0) is 27.1. The van der Waals surface area contributed by atoms with Gasteiger partial charge in [0.05, 0.1) is 10.9 Å². The summed E-state index contributed by atoms with van der Waals surface area (Å²) in [5.41, 5.74) is 6.48. The number of rotatable bonds is 2. The van der Waals surface area contributed by atoms with Crippen molar-refractivity contribution >= 4 is 43.5 Å². The van der Waals surface area contributed by atoms with E-state index in [1.807, 2.05) is 6.33 Å². The summed E-state index contributed by atoms with van der Waals surface area (Å²) < 4.78 is 10.5. The molecule has 3 heterocycles. The Balaban J connectivity index is 1.62. The molecule has 5 heteroatoms. The molecule has 2 aromatic heterocycles. The fourth-order valence-electron chi connectivity index (χ4n) is 7.98. The SMILES string of the molecule is COC1(O)C2(C)c3cc(C(C)C)c4ccccc4c3-c3c4c(nc[n+]3C12C)c1cc2ccccc2cc1n4C. The van der Waals surface area contributed by atoms with Gasteiger partial charge in [-0.15, -0.1) is 0 Å². The third kappa shape index (κ3) is 2.34. The summed E-state index contributed by atoms with van der Waals surface area (Å²) in [5, 5.41) is 18.1. The van der Waals surface area contributed by atoms with Gasteiger partial charge in [-0.3, -0.25) is 0 Å². The summed E-state index contributed by atoms with van der Waals surface area (Å²) in [4.78, 5) is 5.08. The highest BCUT2D eigenvalue weighted by Crippen LogP contribution is 2.72. The van der Waals surface area contributed by atoms with Crippen molar-refractivity contribution in [2.24, 2.45) is 7.05 Å². The lowest BCUT2D eigenvalue weighted by molar-refractivity contribution is -0.743. The molecule has 3 unspecified atom stereocenters. The average Bonchev–Trinajstić information content (AvgIpc) is 3.20. The zero-order valence-electron chi connectivity index (χ0n) is 23.2. The minimum Gasteiger partial charge on any atom is -0.361 e. The molecular weight excluding hydrogens is 482 g/mol. The van der Waals surface area contributed by atoms with Crippen molar-refractivity contribution in [2.45, 2.75) is 50.4 Å². The Bertz CT molecular complexity index is 2060. The van der Waals surface area contributed by atoms with Crippen molar-refractivity contribution in [3.05, 3.63) is 84.2 Å². The summed E-state index contributed by atoms with van der Waals surface area (Å²) in [7, 11) is 3.76. The number of hydrogen-bond donors (Lipinski definition) is 1. The molecule has 194 valence electrons. The molecule has 5 nitrogen and oxygen atoms in total. The van der Waals surface area contributed by atoms with E-state index < -0.39 is 16.7 Å². The molecule has 4 aromatic carbocycles. The van der Waals surface area contributed by atoms with Gasteiger partial charge in [-0.25, -0.2) is 4.57 Å². The molecule has 39 heavy (non-hydrogen) atoms. The topological polar surface area (TPSA) is 51.2 Å². The number of methoxy groups -OCH3 is 1. The maximum Gasteiger partial charge on any atom is 0.288 e. The molecule has 1 aliphatic heterocycles. The van der Waals surface area contributed by atoms with Crippen molar-refractivity contribution in [3.63, 3.8) is 0 Å². The van der Waals surface area contributed by atoms with Crippen molar-refractivity contribution in [1.29, 1.82) is 0 Å². The molecule has 6 aromatic rings. The maximum absolute atomic E-state index is 12.1. The minimum absolute atomic E-state index is 0.334. The lowest BCUT2D eigenvalue weighted by atomic mass is 9.78. The van der Waals surface area contributed by atoms with Crippen LogP contribution in [0.25, 0.3) is 54.7 Å². The van der Waals surface area contributed by atoms with Gasteiger partial charge in [-0.1, -0.05) is 68.4 Å². The maximum atomic E-state index is 12.1. The minimum atomic E-state index is -1.38. The normalized spacial score (nSPS) is 25.4. The van der Waals surface area contributed by atoms with Gasteiger partial charge in [0.1, 0.15) is 10.9 Å². The van der Waals surface area contributed by atoms with Crippen LogP contribution in [-0.2, 0) is 22.7 Å². The average molecular weight is 515 g/mol. The van der Waals surface area contributed by atoms with Crippen molar-refractivity contribution in [2.75, 3.05) is 7.11 Å². The molecule has 1 saturated carbocycles. The number of aryl methyl sites for hydroxylation is 1. The van der Waals surface area contributed by atoms with Gasteiger partial charge in [0.15, 0.2) is 11.2 Å². The lowest BCUT2D eigenvalue weighted by Crippen LogP contribution is -2.55. The van der Waals surface area contributed by atoms with Gasteiger partial charge < -0.3 is 14.4 Å². The number of ether oxygens (including phenoxy) is 1. The fraction of sp³-hybridized carbons (Fsp3) is 0.294. The highest BCUT2D eigenvalue weighted by Gasteiger charge is 2.91. The van der Waals surface area contributed by atoms with Crippen LogP contribution >= 0.6 is 0 Å². The summed E-state index contributed by atoms with van der Waals surface area (Å²) in [5.74, 6) is -1.04. The van der Waals surface area contributed by atoms with Crippen LogP contribution in [0.3, 0.4) is 0 Å². The Morgan fingerprint density at radius 2 is 1.59 bits per heavy atom. The first-order chi connectivity index (χ1) is 18.7. The molecule has 0 saturated heterocycles. The standard InChI is InChI=1S/C34H32N3O2/c1-19(2)24-17-26-28(23-14-10-9-13-22(23)24)30-31-29(35-18-37(30)33(4)32(26,3)34(33,38)39-6)25-15-20-11-7-8-12-21(20)16-27(25)36(31)5/h7-19,38H,1-6H3/q+1. The van der Waals surface area contributed by atoms with Gasteiger partial charge in [-0.05, 0) is 69.6 Å². The van der Waals surface area contributed by atoms with E-state index in [1.54, 1.807) is 7.11 Å². The Kier molecular flexibility index (Phi) is 4.17. The second kappa shape index (κ2) is 7.04. The smallest absolute Gasteiger partial charge is 0.288 e. The first-order valence-corrected chi connectivity index (χ1v) is 13.7. The highest BCUT2D eigenvalue weighted by atomic mass is 16.6. The van der Waals surface area contributed by atoms with Crippen LogP contribution in [0.15, 0.2) is 73.1 Å². The molecule has 1 aliphatic carbocycles. The van der Waals surface area contributed by atoms with Gasteiger partial charge in [0.25, 0.3) is 6.33 Å². The van der Waals surface area contributed by atoms with Gasteiger partial charge in [0, 0.05) is 19.7 Å². The Morgan fingerprint density at radius 3 is 2.28 bits per heavy atom. The molecule has 0 amide bonds. The van der Waals surface area contributed by atoms with Crippen LogP contribution in [0.1, 0.15) is 44.7 Å². The molecule has 0 radical (unpaired) electrons. The van der Waals surface area contributed by atoms with Gasteiger partial charge >= 0.3 is 0 Å². The van der Waals surface area contributed by atoms with E-state index >= 15 is 0 Å². The molecule has 1 N–H and O–H groups in total. The van der Waals surface area contributed by atoms with E-state index in [2.05, 4.69) is 111 Å². The van der Waals surface area contributed by atoms with E-state index in [0.29, 0.717) is 5.92 Å². The first kappa shape index (κ1) is 23.1. The van der Waals surface area contributed by atoms with Crippen molar-refractivity contribution < 1.29 is 14.4 Å². The number of fused-ring (bicyclic) bond motifs is 13. The van der Waals surface area contributed by atoms with Gasteiger partial charge in [0.2, 0.25) is 11.3 Å². The summed E-state index contributed by atoms with van der Waals surface area (Å²) >= 11 is 0. The molecular formula is C34H32N3O2+. The molecule has 0 bridgehead atoms. The number of benzene rings is 4. The number of aromatic nitrogens is 3. The molecule has 1 fully saturated rings. The lowest BCUT2D eigenvalue weighted by Gasteiger charge is -2.29. The van der Waals surface area contributed by atoms with Crippen LogP contribution in [0.2, 0.25) is 0 Å². The van der Waals surface area contributed by atoms with E-state index in [1.165, 1.54) is 27.1 Å². The van der Waals surface area contributed by atoms with Crippen LogP contribution in [-0.4, -0.2) is 27.6 Å².